The zero-order chi connectivity index (χ0) is 23.3. The number of benzene rings is 1. The largest absolute Gasteiger partial charge is 0.497 e. The highest BCUT2D eigenvalue weighted by Crippen LogP contribution is 2.58. The molecule has 2 aromatic rings. The van der Waals surface area contributed by atoms with Crippen LogP contribution in [0, 0.1) is 0 Å². The fourth-order valence-corrected chi connectivity index (χ4v) is 4.74. The van der Waals surface area contributed by atoms with Gasteiger partial charge in [0, 0.05) is 18.0 Å². The zero-order valence-electron chi connectivity index (χ0n) is 18.3. The van der Waals surface area contributed by atoms with E-state index in [1.807, 2.05) is 6.92 Å². The van der Waals surface area contributed by atoms with Crippen molar-refractivity contribution in [3.8, 4) is 5.75 Å². The summed E-state index contributed by atoms with van der Waals surface area (Å²) < 4.78 is 66.2. The number of methoxy groups -OCH3 is 1. The molecule has 3 heterocycles. The third-order valence-corrected chi connectivity index (χ3v) is 6.35. The first-order valence-electron chi connectivity index (χ1n) is 10.6. The van der Waals surface area contributed by atoms with Crippen molar-refractivity contribution in [2.75, 3.05) is 19.0 Å². The Bertz CT molecular complexity index is 1020. The Morgan fingerprint density at radius 3 is 2.59 bits per heavy atom. The Labute approximate surface area is 184 Å². The molecular weight excluding hydrogens is 427 g/mol. The first-order chi connectivity index (χ1) is 15.1. The van der Waals surface area contributed by atoms with Crippen LogP contribution in [0.5, 0.6) is 5.75 Å². The molecular formula is C23H26F3NO5. The van der Waals surface area contributed by atoms with Gasteiger partial charge in [0.05, 0.1) is 13.7 Å². The molecule has 1 fully saturated rings. The van der Waals surface area contributed by atoms with Crippen LogP contribution in [0.15, 0.2) is 34.7 Å². The van der Waals surface area contributed by atoms with Gasteiger partial charge in [-0.15, -0.1) is 0 Å². The summed E-state index contributed by atoms with van der Waals surface area (Å²) in [6.45, 7) is 4.88. The van der Waals surface area contributed by atoms with E-state index >= 15 is 0 Å². The fraction of sp³-hybridized carbons (Fsp3) is 0.522. The number of aryl methyl sites for hydroxylation is 1. The third-order valence-electron chi connectivity index (χ3n) is 6.35. The van der Waals surface area contributed by atoms with Crippen molar-refractivity contribution < 1.29 is 36.6 Å². The highest BCUT2D eigenvalue weighted by Gasteiger charge is 2.73. The van der Waals surface area contributed by atoms with Crippen LogP contribution in [0.4, 0.5) is 18.9 Å². The summed E-state index contributed by atoms with van der Waals surface area (Å²) in [6.07, 6.45) is -5.72. The quantitative estimate of drug-likeness (QED) is 0.648. The number of nitrogens with one attached hydrogen (secondary N) is 1. The van der Waals surface area contributed by atoms with Crippen molar-refractivity contribution in [2.24, 2.45) is 0 Å². The van der Waals surface area contributed by atoms with Gasteiger partial charge in [-0.25, -0.2) is 4.79 Å². The summed E-state index contributed by atoms with van der Waals surface area (Å²) in [5.74, 6) is -0.546. The molecule has 2 aliphatic heterocycles. The molecule has 1 aromatic heterocycles. The lowest BCUT2D eigenvalue weighted by Gasteiger charge is -2.45. The predicted molar refractivity (Wildman–Crippen MR) is 110 cm³/mol. The van der Waals surface area contributed by atoms with Crippen molar-refractivity contribution in [1.82, 2.24) is 0 Å². The number of hydrogen-bond acceptors (Lipinski definition) is 6. The molecule has 32 heavy (non-hydrogen) atoms. The Morgan fingerprint density at radius 1 is 1.25 bits per heavy atom. The van der Waals surface area contributed by atoms with Gasteiger partial charge in [-0.1, -0.05) is 6.92 Å². The van der Waals surface area contributed by atoms with E-state index in [0.717, 1.165) is 0 Å². The molecule has 0 spiro atoms. The molecule has 0 bridgehead atoms. The average molecular weight is 453 g/mol. The molecule has 0 aliphatic carbocycles. The SMILES string of the molecule is CCOC(=O)[C@@]1(C(F)(F)F)Nc2ccc(OC)cc2[C@H]2C[C@](C)(c3ccc(CC)o3)O[C@H]21. The lowest BCUT2D eigenvalue weighted by molar-refractivity contribution is -0.229. The number of halogens is 3. The van der Waals surface area contributed by atoms with Gasteiger partial charge in [-0.05, 0) is 56.2 Å². The number of carbonyl (C=O) groups excluding carboxylic acids is 1. The second-order valence-electron chi connectivity index (χ2n) is 8.30. The lowest BCUT2D eigenvalue weighted by Crippen LogP contribution is -2.68. The van der Waals surface area contributed by atoms with Crippen molar-refractivity contribution in [3.05, 3.63) is 47.4 Å². The standard InChI is InChI=1S/C23H26F3NO5/c1-5-13-8-10-18(31-13)21(3)12-16-15-11-14(29-4)7-9-17(15)27-22(19(16)32-21,23(24,25)26)20(28)30-6-2/h7-11,16,19,27H,5-6,12H2,1-4H3/t16-,19-,21-,22+/m1/s1. The highest BCUT2D eigenvalue weighted by atomic mass is 19.4. The summed E-state index contributed by atoms with van der Waals surface area (Å²) in [5, 5.41) is 2.45. The number of fused-ring (bicyclic) bond motifs is 3. The van der Waals surface area contributed by atoms with Crippen molar-refractivity contribution in [2.45, 2.75) is 63.0 Å². The molecule has 174 valence electrons. The van der Waals surface area contributed by atoms with Crippen LogP contribution in [0.25, 0.3) is 0 Å². The van der Waals surface area contributed by atoms with Crippen LogP contribution in [0.1, 0.15) is 50.2 Å². The van der Waals surface area contributed by atoms with E-state index in [0.29, 0.717) is 29.3 Å². The van der Waals surface area contributed by atoms with E-state index < -0.39 is 35.3 Å². The molecule has 1 N–H and O–H groups in total. The molecule has 6 nitrogen and oxygen atoms in total. The summed E-state index contributed by atoms with van der Waals surface area (Å²) >= 11 is 0. The molecule has 0 saturated carbocycles. The average Bonchev–Trinajstić information content (AvgIpc) is 3.37. The number of ether oxygens (including phenoxy) is 3. The number of hydrogen-bond donors (Lipinski definition) is 1. The summed E-state index contributed by atoms with van der Waals surface area (Å²) in [5.41, 5.74) is -3.45. The number of carbonyl (C=O) groups is 1. The van der Waals surface area contributed by atoms with Crippen molar-refractivity contribution >= 4 is 11.7 Å². The van der Waals surface area contributed by atoms with E-state index in [1.54, 1.807) is 31.2 Å². The van der Waals surface area contributed by atoms with Gasteiger partial charge in [0.1, 0.15) is 29.0 Å². The normalized spacial score (nSPS) is 29.1. The molecule has 2 aliphatic rings. The molecule has 4 atom stereocenters. The monoisotopic (exact) mass is 453 g/mol. The number of alkyl halides is 3. The second-order valence-corrected chi connectivity index (χ2v) is 8.30. The molecule has 0 unspecified atom stereocenters. The molecule has 9 heteroatoms. The Hall–Kier alpha value is -2.68. The second kappa shape index (κ2) is 7.72. The lowest BCUT2D eigenvalue weighted by atomic mass is 9.74. The van der Waals surface area contributed by atoms with Crippen LogP contribution < -0.4 is 10.1 Å². The summed E-state index contributed by atoms with van der Waals surface area (Å²) in [4.78, 5) is 12.9. The topological polar surface area (TPSA) is 69.9 Å². The van der Waals surface area contributed by atoms with Gasteiger partial charge in [-0.3, -0.25) is 0 Å². The maximum Gasteiger partial charge on any atom is 0.425 e. The third kappa shape index (κ3) is 3.25. The minimum atomic E-state index is -4.98. The van der Waals surface area contributed by atoms with Crippen molar-refractivity contribution in [1.29, 1.82) is 0 Å². The van der Waals surface area contributed by atoms with Gasteiger partial charge in [0.2, 0.25) is 0 Å². The van der Waals surface area contributed by atoms with Crippen LogP contribution >= 0.6 is 0 Å². The number of rotatable bonds is 5. The maximum absolute atomic E-state index is 14.7. The molecule has 1 aromatic carbocycles. The van der Waals surface area contributed by atoms with Gasteiger partial charge in [-0.2, -0.15) is 13.2 Å². The Balaban J connectivity index is 1.90. The van der Waals surface area contributed by atoms with E-state index in [1.165, 1.54) is 20.1 Å². The van der Waals surface area contributed by atoms with Gasteiger partial charge in [0.25, 0.3) is 5.54 Å². The number of esters is 1. The number of furan rings is 1. The fourth-order valence-electron chi connectivity index (χ4n) is 4.74. The van der Waals surface area contributed by atoms with Crippen LogP contribution in [-0.2, 0) is 26.3 Å². The maximum atomic E-state index is 14.7. The zero-order valence-corrected chi connectivity index (χ0v) is 18.3. The Morgan fingerprint density at radius 2 is 2.00 bits per heavy atom. The van der Waals surface area contributed by atoms with Crippen LogP contribution in [0.2, 0.25) is 0 Å². The molecule has 4 rings (SSSR count). The van der Waals surface area contributed by atoms with E-state index in [-0.39, 0.29) is 18.7 Å². The molecule has 0 radical (unpaired) electrons. The first kappa shape index (κ1) is 22.5. The van der Waals surface area contributed by atoms with Gasteiger partial charge < -0.3 is 23.9 Å². The first-order valence-corrected chi connectivity index (χ1v) is 10.6. The van der Waals surface area contributed by atoms with Gasteiger partial charge in [0.15, 0.2) is 0 Å². The van der Waals surface area contributed by atoms with Gasteiger partial charge >= 0.3 is 12.1 Å². The van der Waals surface area contributed by atoms with E-state index in [4.69, 9.17) is 18.6 Å². The molecule has 0 amide bonds. The van der Waals surface area contributed by atoms with E-state index in [9.17, 15) is 18.0 Å². The van der Waals surface area contributed by atoms with Crippen molar-refractivity contribution in [3.63, 3.8) is 0 Å². The summed E-state index contributed by atoms with van der Waals surface area (Å²) in [6, 6.07) is 8.22. The minimum absolute atomic E-state index is 0.188. The van der Waals surface area contributed by atoms with Crippen LogP contribution in [0.3, 0.4) is 0 Å². The Kier molecular flexibility index (Phi) is 5.43. The molecule has 1 saturated heterocycles. The number of anilines is 1. The van der Waals surface area contributed by atoms with Crippen LogP contribution in [-0.4, -0.2) is 37.5 Å². The highest BCUT2D eigenvalue weighted by molar-refractivity contribution is 5.89. The smallest absolute Gasteiger partial charge is 0.425 e. The predicted octanol–water partition coefficient (Wildman–Crippen LogP) is 4.93. The van der Waals surface area contributed by atoms with E-state index in [2.05, 4.69) is 5.32 Å². The summed E-state index contributed by atoms with van der Waals surface area (Å²) in [7, 11) is 1.48. The minimum Gasteiger partial charge on any atom is -0.497 e.